The number of carbonyl (C=O) groups is 2. The van der Waals surface area contributed by atoms with E-state index in [9.17, 15) is 14.4 Å². The molecule has 166 valence electrons. The topological polar surface area (TPSA) is 94.8 Å². The minimum absolute atomic E-state index is 0.188. The summed E-state index contributed by atoms with van der Waals surface area (Å²) in [7, 11) is 1.52. The molecule has 0 aliphatic heterocycles. The number of benzene rings is 3. The highest BCUT2D eigenvalue weighted by Gasteiger charge is 2.17. The minimum atomic E-state index is -0.860. The fraction of sp³-hybridized carbons (Fsp3) is 0.115. The first kappa shape index (κ1) is 21.8. The molecular weight excluding hydrogens is 422 g/mol. The van der Waals surface area contributed by atoms with Crippen LogP contribution in [0, 0.1) is 13.8 Å². The van der Waals surface area contributed by atoms with Crippen LogP contribution in [0.4, 0.5) is 5.69 Å². The molecule has 3 aromatic carbocycles. The van der Waals surface area contributed by atoms with E-state index in [2.05, 4.69) is 5.32 Å². The van der Waals surface area contributed by atoms with E-state index >= 15 is 0 Å². The third kappa shape index (κ3) is 4.77. The molecule has 1 amide bonds. The van der Waals surface area contributed by atoms with Gasteiger partial charge >= 0.3 is 11.6 Å². The SMILES string of the molecule is COc1ccc2oc(=O)c(C(=O)Oc3ccc(C(=O)Nc4ccc(C)cc4C)cc3)cc2c1. The zero-order chi connectivity index (χ0) is 23.5. The number of hydrogen-bond acceptors (Lipinski definition) is 6. The second kappa shape index (κ2) is 9.00. The lowest BCUT2D eigenvalue weighted by molar-refractivity contribution is 0.0730. The summed E-state index contributed by atoms with van der Waals surface area (Å²) >= 11 is 0. The fourth-order valence-electron chi connectivity index (χ4n) is 3.36. The average molecular weight is 443 g/mol. The lowest BCUT2D eigenvalue weighted by Crippen LogP contribution is -2.19. The number of aryl methyl sites for hydroxylation is 2. The Balaban J connectivity index is 1.49. The fourth-order valence-corrected chi connectivity index (χ4v) is 3.36. The zero-order valence-corrected chi connectivity index (χ0v) is 18.3. The number of anilines is 1. The third-order valence-corrected chi connectivity index (χ3v) is 5.12. The van der Waals surface area contributed by atoms with Crippen molar-refractivity contribution in [3.05, 3.63) is 99.4 Å². The number of esters is 1. The molecule has 0 atom stereocenters. The number of fused-ring (bicyclic) bond motifs is 1. The normalized spacial score (nSPS) is 10.6. The Morgan fingerprint density at radius 1 is 0.879 bits per heavy atom. The summed E-state index contributed by atoms with van der Waals surface area (Å²) < 4.78 is 15.7. The maximum absolute atomic E-state index is 12.6. The van der Waals surface area contributed by atoms with Crippen LogP contribution in [0.5, 0.6) is 11.5 Å². The summed E-state index contributed by atoms with van der Waals surface area (Å²) in [6.07, 6.45) is 0. The van der Waals surface area contributed by atoms with Gasteiger partial charge in [0.1, 0.15) is 22.6 Å². The van der Waals surface area contributed by atoms with Gasteiger partial charge in [0, 0.05) is 16.6 Å². The Labute approximate surface area is 189 Å². The Hall–Kier alpha value is -4.39. The molecule has 7 heteroatoms. The molecule has 33 heavy (non-hydrogen) atoms. The first-order valence-corrected chi connectivity index (χ1v) is 10.2. The van der Waals surface area contributed by atoms with Crippen LogP contribution in [-0.2, 0) is 0 Å². The van der Waals surface area contributed by atoms with Crippen LogP contribution in [0.1, 0.15) is 31.8 Å². The number of methoxy groups -OCH3 is 1. The van der Waals surface area contributed by atoms with E-state index in [1.165, 1.54) is 37.4 Å². The quantitative estimate of drug-likeness (QED) is 0.268. The predicted octanol–water partition coefficient (Wildman–Crippen LogP) is 4.89. The highest BCUT2D eigenvalue weighted by atomic mass is 16.5. The number of amides is 1. The molecule has 4 aromatic rings. The molecule has 0 unspecified atom stereocenters. The number of carbonyl (C=O) groups excluding carboxylic acids is 2. The van der Waals surface area contributed by atoms with Gasteiger partial charge in [0.2, 0.25) is 0 Å². The van der Waals surface area contributed by atoms with E-state index in [0.717, 1.165) is 16.8 Å². The van der Waals surface area contributed by atoms with E-state index in [-0.39, 0.29) is 17.2 Å². The summed E-state index contributed by atoms with van der Waals surface area (Å²) in [6, 6.07) is 18.1. The lowest BCUT2D eigenvalue weighted by Gasteiger charge is -2.10. The molecule has 0 fully saturated rings. The van der Waals surface area contributed by atoms with Crippen LogP contribution >= 0.6 is 0 Å². The van der Waals surface area contributed by atoms with Crippen LogP contribution in [0.2, 0.25) is 0 Å². The van der Waals surface area contributed by atoms with Gasteiger partial charge in [0.05, 0.1) is 7.11 Å². The zero-order valence-electron chi connectivity index (χ0n) is 18.3. The van der Waals surface area contributed by atoms with Crippen molar-refractivity contribution >= 4 is 28.5 Å². The summed E-state index contributed by atoms with van der Waals surface area (Å²) in [4.78, 5) is 37.3. The maximum atomic E-state index is 12.6. The Kier molecular flexibility index (Phi) is 5.95. The van der Waals surface area contributed by atoms with Gasteiger partial charge in [-0.25, -0.2) is 9.59 Å². The molecule has 1 N–H and O–H groups in total. The lowest BCUT2D eigenvalue weighted by atomic mass is 10.1. The van der Waals surface area contributed by atoms with Crippen molar-refractivity contribution in [3.8, 4) is 11.5 Å². The van der Waals surface area contributed by atoms with Crippen molar-refractivity contribution in [1.82, 2.24) is 0 Å². The molecule has 0 spiro atoms. The van der Waals surface area contributed by atoms with Crippen LogP contribution in [-0.4, -0.2) is 19.0 Å². The van der Waals surface area contributed by atoms with Crippen molar-refractivity contribution in [2.24, 2.45) is 0 Å². The molecule has 0 aliphatic carbocycles. The molecule has 0 saturated carbocycles. The summed E-state index contributed by atoms with van der Waals surface area (Å²) in [5.74, 6) is -0.400. The van der Waals surface area contributed by atoms with Gasteiger partial charge < -0.3 is 19.2 Å². The molecular formula is C26H21NO6. The second-order valence-electron chi connectivity index (χ2n) is 7.54. The van der Waals surface area contributed by atoms with E-state index < -0.39 is 11.6 Å². The highest BCUT2D eigenvalue weighted by molar-refractivity contribution is 6.04. The Bertz CT molecular complexity index is 1420. The Morgan fingerprint density at radius 3 is 2.30 bits per heavy atom. The van der Waals surface area contributed by atoms with E-state index in [0.29, 0.717) is 22.3 Å². The van der Waals surface area contributed by atoms with Crippen molar-refractivity contribution < 1.29 is 23.5 Å². The van der Waals surface area contributed by atoms with Crippen LogP contribution in [0.15, 0.2) is 75.9 Å². The third-order valence-electron chi connectivity index (χ3n) is 5.12. The Morgan fingerprint density at radius 2 is 1.61 bits per heavy atom. The molecule has 0 saturated heterocycles. The molecule has 1 aromatic heterocycles. The number of rotatable bonds is 5. The number of hydrogen-bond donors (Lipinski definition) is 1. The predicted molar refractivity (Wildman–Crippen MR) is 124 cm³/mol. The first-order valence-electron chi connectivity index (χ1n) is 10.2. The number of ether oxygens (including phenoxy) is 2. The van der Waals surface area contributed by atoms with Crippen molar-refractivity contribution in [3.63, 3.8) is 0 Å². The van der Waals surface area contributed by atoms with Crippen LogP contribution < -0.4 is 20.4 Å². The first-order chi connectivity index (χ1) is 15.8. The molecule has 4 rings (SSSR count). The maximum Gasteiger partial charge on any atom is 0.351 e. The van der Waals surface area contributed by atoms with Gasteiger partial charge in [-0.3, -0.25) is 4.79 Å². The van der Waals surface area contributed by atoms with Gasteiger partial charge in [0.15, 0.2) is 0 Å². The number of nitrogens with one attached hydrogen (secondary N) is 1. The monoisotopic (exact) mass is 443 g/mol. The van der Waals surface area contributed by atoms with Gasteiger partial charge in [-0.2, -0.15) is 0 Å². The van der Waals surface area contributed by atoms with Gasteiger partial charge in [-0.15, -0.1) is 0 Å². The van der Waals surface area contributed by atoms with Gasteiger partial charge in [-0.1, -0.05) is 17.7 Å². The minimum Gasteiger partial charge on any atom is -0.497 e. The molecule has 0 aliphatic rings. The average Bonchev–Trinajstić information content (AvgIpc) is 2.80. The summed E-state index contributed by atoms with van der Waals surface area (Å²) in [6.45, 7) is 3.90. The van der Waals surface area contributed by atoms with Crippen molar-refractivity contribution in [2.75, 3.05) is 12.4 Å². The standard InChI is InChI=1S/C26H21NO6/c1-15-4-10-22(16(2)12-15)27-24(28)17-5-7-19(8-6-17)32-25(29)21-14-18-13-20(31-3)9-11-23(18)33-26(21)30/h4-14H,1-3H3,(H,27,28). The molecule has 7 nitrogen and oxygen atoms in total. The molecule has 1 heterocycles. The second-order valence-corrected chi connectivity index (χ2v) is 7.54. The van der Waals surface area contributed by atoms with Crippen molar-refractivity contribution in [1.29, 1.82) is 0 Å². The summed E-state index contributed by atoms with van der Waals surface area (Å²) in [5.41, 5.74) is 2.47. The van der Waals surface area contributed by atoms with E-state index in [4.69, 9.17) is 13.9 Å². The van der Waals surface area contributed by atoms with Crippen LogP contribution in [0.3, 0.4) is 0 Å². The van der Waals surface area contributed by atoms with E-state index in [1.54, 1.807) is 18.2 Å². The molecule has 0 radical (unpaired) electrons. The smallest absolute Gasteiger partial charge is 0.351 e. The largest absolute Gasteiger partial charge is 0.497 e. The molecule has 0 bridgehead atoms. The van der Waals surface area contributed by atoms with Gasteiger partial charge in [0.25, 0.3) is 5.91 Å². The highest BCUT2D eigenvalue weighted by Crippen LogP contribution is 2.22. The van der Waals surface area contributed by atoms with Crippen LogP contribution in [0.25, 0.3) is 11.0 Å². The summed E-state index contributed by atoms with van der Waals surface area (Å²) in [5, 5.41) is 3.39. The van der Waals surface area contributed by atoms with Crippen molar-refractivity contribution in [2.45, 2.75) is 13.8 Å². The van der Waals surface area contributed by atoms with E-state index in [1.807, 2.05) is 32.0 Å². The van der Waals surface area contributed by atoms with Gasteiger partial charge in [-0.05, 0) is 74.0 Å².